The van der Waals surface area contributed by atoms with Crippen molar-refractivity contribution in [1.29, 1.82) is 0 Å². The minimum absolute atomic E-state index is 0.328. The van der Waals surface area contributed by atoms with Gasteiger partial charge in [-0.2, -0.15) is 0 Å². The number of nitrogens with zero attached hydrogens (tertiary/aromatic N) is 2. The number of ether oxygens (including phenoxy) is 2. The first-order chi connectivity index (χ1) is 8.88. The highest BCUT2D eigenvalue weighted by Crippen LogP contribution is 2.11. The predicted octanol–water partition coefficient (Wildman–Crippen LogP) is 0.666. The Morgan fingerprint density at radius 3 is 3.28 bits per heavy atom. The maximum Gasteiger partial charge on any atom is 0.218 e. The van der Waals surface area contributed by atoms with Crippen molar-refractivity contribution in [2.24, 2.45) is 0 Å². The smallest absolute Gasteiger partial charge is 0.218 e. The number of aromatic nitrogens is 2. The van der Waals surface area contributed by atoms with Gasteiger partial charge in [-0.25, -0.2) is 9.97 Å². The zero-order valence-corrected chi connectivity index (χ0v) is 10.7. The summed E-state index contributed by atoms with van der Waals surface area (Å²) in [5, 5.41) is 6.63. The minimum Gasteiger partial charge on any atom is -0.478 e. The molecule has 1 aromatic heterocycles. The lowest BCUT2D eigenvalue weighted by Gasteiger charge is -2.24. The maximum absolute atomic E-state index is 5.46. The lowest BCUT2D eigenvalue weighted by molar-refractivity contribution is 0.0806. The van der Waals surface area contributed by atoms with E-state index in [1.165, 1.54) is 6.33 Å². The molecule has 6 nitrogen and oxygen atoms in total. The Kier molecular flexibility index (Phi) is 5.16. The highest BCUT2D eigenvalue weighted by molar-refractivity contribution is 5.37. The molecule has 1 fully saturated rings. The zero-order chi connectivity index (χ0) is 12.6. The molecule has 1 saturated heterocycles. The Bertz CT molecular complexity index is 356. The van der Waals surface area contributed by atoms with E-state index in [1.54, 1.807) is 0 Å². The van der Waals surface area contributed by atoms with Crippen molar-refractivity contribution < 1.29 is 9.47 Å². The molecule has 0 aromatic carbocycles. The molecule has 1 aliphatic heterocycles. The molecule has 18 heavy (non-hydrogen) atoms. The van der Waals surface area contributed by atoms with Crippen LogP contribution in [0.1, 0.15) is 13.3 Å². The quantitative estimate of drug-likeness (QED) is 0.775. The molecule has 2 N–H and O–H groups in total. The molecule has 1 unspecified atom stereocenters. The summed E-state index contributed by atoms with van der Waals surface area (Å²) in [4.78, 5) is 8.22. The SMILES string of the molecule is CCCOc1cc(NCC2COCCN2)ncn1. The fourth-order valence-electron chi connectivity index (χ4n) is 1.70. The molecule has 1 aliphatic rings. The third kappa shape index (κ3) is 4.12. The summed E-state index contributed by atoms with van der Waals surface area (Å²) >= 11 is 0. The molecular formula is C12H20N4O2. The van der Waals surface area contributed by atoms with Gasteiger partial charge in [-0.1, -0.05) is 6.92 Å². The molecule has 0 saturated carbocycles. The van der Waals surface area contributed by atoms with Crippen LogP contribution in [0, 0.1) is 0 Å². The molecule has 1 atom stereocenters. The van der Waals surface area contributed by atoms with Crippen LogP contribution in [0.3, 0.4) is 0 Å². The van der Waals surface area contributed by atoms with Crippen LogP contribution in [0.2, 0.25) is 0 Å². The Morgan fingerprint density at radius 2 is 2.50 bits per heavy atom. The van der Waals surface area contributed by atoms with Gasteiger partial charge in [0.2, 0.25) is 5.88 Å². The van der Waals surface area contributed by atoms with Gasteiger partial charge in [-0.3, -0.25) is 0 Å². The maximum atomic E-state index is 5.46. The van der Waals surface area contributed by atoms with Crippen LogP contribution in [-0.2, 0) is 4.74 Å². The Morgan fingerprint density at radius 1 is 1.56 bits per heavy atom. The predicted molar refractivity (Wildman–Crippen MR) is 68.9 cm³/mol. The summed E-state index contributed by atoms with van der Waals surface area (Å²) in [6, 6.07) is 2.15. The van der Waals surface area contributed by atoms with Gasteiger partial charge in [-0.05, 0) is 6.42 Å². The monoisotopic (exact) mass is 252 g/mol. The molecule has 1 aromatic rings. The number of nitrogens with one attached hydrogen (secondary N) is 2. The second-order valence-corrected chi connectivity index (χ2v) is 4.20. The van der Waals surface area contributed by atoms with Gasteiger partial charge >= 0.3 is 0 Å². The molecule has 100 valence electrons. The molecular weight excluding hydrogens is 232 g/mol. The van der Waals surface area contributed by atoms with Crippen LogP contribution in [0.5, 0.6) is 5.88 Å². The van der Waals surface area contributed by atoms with Gasteiger partial charge in [-0.15, -0.1) is 0 Å². The molecule has 2 rings (SSSR count). The molecule has 0 radical (unpaired) electrons. The fourth-order valence-corrected chi connectivity index (χ4v) is 1.70. The summed E-state index contributed by atoms with van der Waals surface area (Å²) in [7, 11) is 0. The van der Waals surface area contributed by atoms with E-state index in [2.05, 4.69) is 27.5 Å². The lowest BCUT2D eigenvalue weighted by Crippen LogP contribution is -2.45. The van der Waals surface area contributed by atoms with E-state index in [1.807, 2.05) is 6.07 Å². The Labute approximate surface area is 107 Å². The second kappa shape index (κ2) is 7.13. The van der Waals surface area contributed by atoms with Crippen molar-refractivity contribution in [3.63, 3.8) is 0 Å². The number of anilines is 1. The van der Waals surface area contributed by atoms with Gasteiger partial charge < -0.3 is 20.1 Å². The molecule has 0 bridgehead atoms. The average Bonchev–Trinajstić information content (AvgIpc) is 2.44. The number of morpholine rings is 1. The van der Waals surface area contributed by atoms with E-state index in [0.717, 1.165) is 38.5 Å². The Hall–Kier alpha value is -1.40. The topological polar surface area (TPSA) is 68.3 Å². The van der Waals surface area contributed by atoms with Crippen molar-refractivity contribution in [3.8, 4) is 5.88 Å². The van der Waals surface area contributed by atoms with E-state index in [0.29, 0.717) is 18.5 Å². The van der Waals surface area contributed by atoms with Crippen LogP contribution in [0.25, 0.3) is 0 Å². The van der Waals surface area contributed by atoms with E-state index in [9.17, 15) is 0 Å². The first-order valence-corrected chi connectivity index (χ1v) is 6.38. The van der Waals surface area contributed by atoms with Crippen LogP contribution in [0.4, 0.5) is 5.82 Å². The minimum atomic E-state index is 0.328. The molecule has 0 aliphatic carbocycles. The van der Waals surface area contributed by atoms with Crippen molar-refractivity contribution in [2.45, 2.75) is 19.4 Å². The zero-order valence-electron chi connectivity index (χ0n) is 10.7. The van der Waals surface area contributed by atoms with Gasteiger partial charge in [0.05, 0.1) is 19.8 Å². The highest BCUT2D eigenvalue weighted by atomic mass is 16.5. The van der Waals surface area contributed by atoms with E-state index >= 15 is 0 Å². The van der Waals surface area contributed by atoms with Gasteiger partial charge in [0.15, 0.2) is 0 Å². The number of hydrogen-bond acceptors (Lipinski definition) is 6. The van der Waals surface area contributed by atoms with Crippen molar-refractivity contribution in [2.75, 3.05) is 38.2 Å². The summed E-state index contributed by atoms with van der Waals surface area (Å²) in [5.74, 6) is 1.39. The summed E-state index contributed by atoms with van der Waals surface area (Å²) in [5.41, 5.74) is 0. The molecule has 2 heterocycles. The number of rotatable bonds is 6. The van der Waals surface area contributed by atoms with Gasteiger partial charge in [0.25, 0.3) is 0 Å². The molecule has 6 heteroatoms. The van der Waals surface area contributed by atoms with Gasteiger partial charge in [0.1, 0.15) is 12.1 Å². The highest BCUT2D eigenvalue weighted by Gasteiger charge is 2.12. The summed E-state index contributed by atoms with van der Waals surface area (Å²) in [6.07, 6.45) is 2.48. The third-order valence-corrected chi connectivity index (χ3v) is 2.62. The summed E-state index contributed by atoms with van der Waals surface area (Å²) in [6.45, 7) is 5.95. The van der Waals surface area contributed by atoms with Crippen molar-refractivity contribution >= 4 is 5.82 Å². The molecule has 0 spiro atoms. The van der Waals surface area contributed by atoms with Crippen LogP contribution < -0.4 is 15.4 Å². The van der Waals surface area contributed by atoms with E-state index < -0.39 is 0 Å². The average molecular weight is 252 g/mol. The van der Waals surface area contributed by atoms with E-state index in [4.69, 9.17) is 9.47 Å². The fraction of sp³-hybridized carbons (Fsp3) is 0.667. The van der Waals surface area contributed by atoms with Gasteiger partial charge in [0, 0.05) is 25.2 Å². The van der Waals surface area contributed by atoms with Crippen LogP contribution in [0.15, 0.2) is 12.4 Å². The summed E-state index contributed by atoms with van der Waals surface area (Å²) < 4.78 is 10.8. The van der Waals surface area contributed by atoms with Crippen LogP contribution >= 0.6 is 0 Å². The largest absolute Gasteiger partial charge is 0.478 e. The first kappa shape index (κ1) is 13.0. The van der Waals surface area contributed by atoms with Crippen molar-refractivity contribution in [3.05, 3.63) is 12.4 Å². The first-order valence-electron chi connectivity index (χ1n) is 6.38. The Balaban J connectivity index is 1.80. The lowest BCUT2D eigenvalue weighted by atomic mass is 10.3. The third-order valence-electron chi connectivity index (χ3n) is 2.62. The molecule has 0 amide bonds. The van der Waals surface area contributed by atoms with E-state index in [-0.39, 0.29) is 0 Å². The normalized spacial score (nSPS) is 19.5. The standard InChI is InChI=1S/C12H20N4O2/c1-2-4-18-12-6-11(15-9-16-12)14-7-10-8-17-5-3-13-10/h6,9-10,13H,2-5,7-8H2,1H3,(H,14,15,16). The van der Waals surface area contributed by atoms with Crippen LogP contribution in [-0.4, -0.2) is 48.9 Å². The van der Waals surface area contributed by atoms with Crippen molar-refractivity contribution in [1.82, 2.24) is 15.3 Å². The second-order valence-electron chi connectivity index (χ2n) is 4.20. The number of hydrogen-bond donors (Lipinski definition) is 2.